The minimum Gasteiger partial charge on any atom is -0.333 e. The third-order valence-corrected chi connectivity index (χ3v) is 6.75. The molecule has 4 aromatic rings. The van der Waals surface area contributed by atoms with Crippen molar-refractivity contribution in [3.05, 3.63) is 64.3 Å². The standard InChI is InChI=1S/C19H15ClN4O3S2/c1-11-17(28-12(2)21-11)19-22-18(23-27-19)13-3-7-15(8-4-13)24-29(25,26)16-9-5-14(20)6-10-16/h3-10,24H,1-2H3. The zero-order valence-corrected chi connectivity index (χ0v) is 17.8. The summed E-state index contributed by atoms with van der Waals surface area (Å²) in [7, 11) is -3.71. The number of aryl methyl sites for hydroxylation is 2. The summed E-state index contributed by atoms with van der Waals surface area (Å²) in [5.41, 5.74) is 1.96. The topological polar surface area (TPSA) is 98.0 Å². The van der Waals surface area contributed by atoms with Gasteiger partial charge in [-0.25, -0.2) is 13.4 Å². The first-order chi connectivity index (χ1) is 13.8. The Kier molecular flexibility index (Phi) is 5.12. The number of benzene rings is 2. The fourth-order valence-corrected chi connectivity index (χ4v) is 4.70. The van der Waals surface area contributed by atoms with Gasteiger partial charge >= 0.3 is 0 Å². The molecule has 29 heavy (non-hydrogen) atoms. The molecular weight excluding hydrogens is 432 g/mol. The summed E-state index contributed by atoms with van der Waals surface area (Å²) >= 11 is 7.30. The maximum atomic E-state index is 12.5. The fourth-order valence-electron chi connectivity index (χ4n) is 2.68. The zero-order chi connectivity index (χ0) is 20.6. The van der Waals surface area contributed by atoms with Gasteiger partial charge in [-0.15, -0.1) is 11.3 Å². The first kappa shape index (κ1) is 19.6. The van der Waals surface area contributed by atoms with Crippen molar-refractivity contribution in [1.82, 2.24) is 15.1 Å². The lowest BCUT2D eigenvalue weighted by Gasteiger charge is -2.08. The monoisotopic (exact) mass is 446 g/mol. The SMILES string of the molecule is Cc1nc(C)c(-c2nc(-c3ccc(NS(=O)(=O)c4ccc(Cl)cc4)cc3)no2)s1. The van der Waals surface area contributed by atoms with Crippen LogP contribution in [0.3, 0.4) is 0 Å². The Labute approximate surface area is 176 Å². The summed E-state index contributed by atoms with van der Waals surface area (Å²) in [6.45, 7) is 3.81. The lowest BCUT2D eigenvalue weighted by molar-refractivity contribution is 0.433. The van der Waals surface area contributed by atoms with E-state index in [-0.39, 0.29) is 4.90 Å². The molecule has 148 valence electrons. The summed E-state index contributed by atoms with van der Waals surface area (Å²) in [4.78, 5) is 9.76. The van der Waals surface area contributed by atoms with E-state index >= 15 is 0 Å². The molecule has 0 radical (unpaired) electrons. The molecule has 7 nitrogen and oxygen atoms in total. The number of hydrogen-bond acceptors (Lipinski definition) is 7. The van der Waals surface area contributed by atoms with Crippen molar-refractivity contribution >= 4 is 38.6 Å². The van der Waals surface area contributed by atoms with Crippen molar-refractivity contribution in [2.45, 2.75) is 18.7 Å². The molecule has 0 spiro atoms. The smallest absolute Gasteiger partial charge is 0.270 e. The molecule has 0 saturated carbocycles. The van der Waals surface area contributed by atoms with Gasteiger partial charge in [0.2, 0.25) is 5.82 Å². The second kappa shape index (κ2) is 7.58. The Hall–Kier alpha value is -2.75. The maximum absolute atomic E-state index is 12.5. The quantitative estimate of drug-likeness (QED) is 0.466. The molecule has 0 aliphatic rings. The van der Waals surface area contributed by atoms with Crippen LogP contribution in [0.4, 0.5) is 5.69 Å². The highest BCUT2D eigenvalue weighted by atomic mass is 35.5. The molecule has 0 unspecified atom stereocenters. The average Bonchev–Trinajstić information content (AvgIpc) is 3.28. The number of nitrogens with zero attached hydrogens (tertiary/aromatic N) is 3. The van der Waals surface area contributed by atoms with Gasteiger partial charge in [0.25, 0.3) is 15.9 Å². The maximum Gasteiger partial charge on any atom is 0.270 e. The molecule has 2 heterocycles. The predicted molar refractivity (Wildman–Crippen MR) is 113 cm³/mol. The first-order valence-corrected chi connectivity index (χ1v) is 11.2. The van der Waals surface area contributed by atoms with Crippen LogP contribution in [0.2, 0.25) is 5.02 Å². The molecule has 0 amide bonds. The summed E-state index contributed by atoms with van der Waals surface area (Å²) in [5.74, 6) is 0.827. The molecule has 1 N–H and O–H groups in total. The van der Waals surface area contributed by atoms with Gasteiger partial charge < -0.3 is 4.52 Å². The third-order valence-electron chi connectivity index (χ3n) is 4.04. The van der Waals surface area contributed by atoms with E-state index in [0.29, 0.717) is 28.0 Å². The van der Waals surface area contributed by atoms with Crippen LogP contribution < -0.4 is 4.72 Å². The van der Waals surface area contributed by atoms with E-state index in [1.165, 1.54) is 35.6 Å². The lowest BCUT2D eigenvalue weighted by atomic mass is 10.2. The van der Waals surface area contributed by atoms with Crippen molar-refractivity contribution in [1.29, 1.82) is 0 Å². The van der Waals surface area contributed by atoms with E-state index < -0.39 is 10.0 Å². The van der Waals surface area contributed by atoms with Gasteiger partial charge in [0.05, 0.1) is 15.6 Å². The normalized spacial score (nSPS) is 11.6. The van der Waals surface area contributed by atoms with Gasteiger partial charge in [0.15, 0.2) is 0 Å². The molecule has 2 aromatic heterocycles. The van der Waals surface area contributed by atoms with Gasteiger partial charge in [0.1, 0.15) is 4.88 Å². The molecule has 0 atom stereocenters. The average molecular weight is 447 g/mol. The van der Waals surface area contributed by atoms with Gasteiger partial charge in [0, 0.05) is 16.3 Å². The number of rotatable bonds is 5. The second-order valence-corrected chi connectivity index (χ2v) is 9.53. The van der Waals surface area contributed by atoms with Crippen LogP contribution in [0, 0.1) is 13.8 Å². The highest BCUT2D eigenvalue weighted by Crippen LogP contribution is 2.30. The van der Waals surface area contributed by atoms with Gasteiger partial charge in [-0.3, -0.25) is 4.72 Å². The van der Waals surface area contributed by atoms with Crippen LogP contribution in [0.15, 0.2) is 57.9 Å². The highest BCUT2D eigenvalue weighted by molar-refractivity contribution is 7.92. The Bertz CT molecular complexity index is 1260. The van der Waals surface area contributed by atoms with Crippen LogP contribution in [0.5, 0.6) is 0 Å². The molecule has 10 heteroatoms. The molecule has 0 aliphatic heterocycles. The van der Waals surface area contributed by atoms with Crippen molar-refractivity contribution < 1.29 is 12.9 Å². The summed E-state index contributed by atoms with van der Waals surface area (Å²) in [6, 6.07) is 12.7. The summed E-state index contributed by atoms with van der Waals surface area (Å²) < 4.78 is 32.8. The van der Waals surface area contributed by atoms with Crippen LogP contribution in [-0.2, 0) is 10.0 Å². The van der Waals surface area contributed by atoms with E-state index in [1.54, 1.807) is 24.3 Å². The van der Waals surface area contributed by atoms with Crippen LogP contribution in [0.25, 0.3) is 22.2 Å². The van der Waals surface area contributed by atoms with Gasteiger partial charge in [-0.1, -0.05) is 16.8 Å². The van der Waals surface area contributed by atoms with E-state index in [2.05, 4.69) is 19.8 Å². The van der Waals surface area contributed by atoms with Crippen molar-refractivity contribution in [3.8, 4) is 22.2 Å². The molecule has 0 aliphatic carbocycles. The molecule has 0 bridgehead atoms. The number of halogens is 1. The molecule has 0 fully saturated rings. The van der Waals surface area contributed by atoms with Crippen LogP contribution in [-0.4, -0.2) is 23.5 Å². The van der Waals surface area contributed by atoms with Crippen molar-refractivity contribution in [2.75, 3.05) is 4.72 Å². The fraction of sp³-hybridized carbons (Fsp3) is 0.105. The minimum atomic E-state index is -3.71. The molecule has 4 rings (SSSR count). The Morgan fingerprint density at radius 2 is 1.69 bits per heavy atom. The summed E-state index contributed by atoms with van der Waals surface area (Å²) in [5, 5.41) is 5.41. The molecule has 0 saturated heterocycles. The largest absolute Gasteiger partial charge is 0.333 e. The third kappa shape index (κ3) is 4.16. The van der Waals surface area contributed by atoms with Crippen molar-refractivity contribution in [2.24, 2.45) is 0 Å². The van der Waals surface area contributed by atoms with E-state index in [4.69, 9.17) is 16.1 Å². The van der Waals surface area contributed by atoms with E-state index in [0.717, 1.165) is 15.6 Å². The Balaban J connectivity index is 1.54. The van der Waals surface area contributed by atoms with Crippen molar-refractivity contribution in [3.63, 3.8) is 0 Å². The number of thiazole rings is 1. The number of hydrogen-bond donors (Lipinski definition) is 1. The summed E-state index contributed by atoms with van der Waals surface area (Å²) in [6.07, 6.45) is 0. The van der Waals surface area contributed by atoms with Gasteiger partial charge in [-0.05, 0) is 62.4 Å². The number of sulfonamides is 1. The number of anilines is 1. The van der Waals surface area contributed by atoms with Crippen LogP contribution in [0.1, 0.15) is 10.7 Å². The molecule has 2 aromatic carbocycles. The highest BCUT2D eigenvalue weighted by Gasteiger charge is 2.17. The number of nitrogens with one attached hydrogen (secondary N) is 1. The van der Waals surface area contributed by atoms with E-state index in [9.17, 15) is 8.42 Å². The molecular formula is C19H15ClN4O3S2. The Morgan fingerprint density at radius 3 is 2.31 bits per heavy atom. The lowest BCUT2D eigenvalue weighted by Crippen LogP contribution is -2.12. The zero-order valence-electron chi connectivity index (χ0n) is 15.4. The van der Waals surface area contributed by atoms with E-state index in [1.807, 2.05) is 13.8 Å². The number of aromatic nitrogens is 3. The predicted octanol–water partition coefficient (Wildman–Crippen LogP) is 4.93. The second-order valence-electron chi connectivity index (χ2n) is 6.21. The minimum absolute atomic E-state index is 0.129. The van der Waals surface area contributed by atoms with Gasteiger partial charge in [-0.2, -0.15) is 4.98 Å². The first-order valence-electron chi connectivity index (χ1n) is 8.49. The Morgan fingerprint density at radius 1 is 1.00 bits per heavy atom. The van der Waals surface area contributed by atoms with Crippen LogP contribution >= 0.6 is 22.9 Å².